The molecule has 4 rings (SSSR count). The maximum Gasteiger partial charge on any atom is 0.228 e. The van der Waals surface area contributed by atoms with Crippen LogP contribution in [0, 0.1) is 5.92 Å². The van der Waals surface area contributed by atoms with Crippen molar-refractivity contribution in [3.05, 3.63) is 60.8 Å². The Morgan fingerprint density at radius 1 is 1.24 bits per heavy atom. The molecule has 0 spiro atoms. The van der Waals surface area contributed by atoms with Gasteiger partial charge in [-0.1, -0.05) is 12.1 Å². The number of aromatic nitrogens is 1. The van der Waals surface area contributed by atoms with Crippen molar-refractivity contribution in [3.63, 3.8) is 0 Å². The average Bonchev–Trinajstić information content (AvgIpc) is 3.14. The highest BCUT2D eigenvalue weighted by molar-refractivity contribution is 6.03. The lowest BCUT2D eigenvalue weighted by Gasteiger charge is -2.08. The van der Waals surface area contributed by atoms with E-state index in [1.807, 2.05) is 36.4 Å². The monoisotopic (exact) mass is 278 g/mol. The molecule has 3 aromatic rings. The molecular formula is C17H14N2O2. The molecule has 0 aliphatic heterocycles. The number of furan rings is 1. The number of fused-ring (bicyclic) bond motifs is 1. The van der Waals surface area contributed by atoms with E-state index in [0.29, 0.717) is 0 Å². The summed E-state index contributed by atoms with van der Waals surface area (Å²) < 4.78 is 5.37. The molecule has 21 heavy (non-hydrogen) atoms. The zero-order valence-electron chi connectivity index (χ0n) is 11.3. The third kappa shape index (κ3) is 2.18. The van der Waals surface area contributed by atoms with Crippen LogP contribution in [0.2, 0.25) is 0 Å². The third-order valence-electron chi connectivity index (χ3n) is 3.97. The fourth-order valence-corrected chi connectivity index (χ4v) is 2.76. The Bertz CT molecular complexity index is 790. The zero-order valence-corrected chi connectivity index (χ0v) is 11.3. The maximum atomic E-state index is 12.4. The van der Waals surface area contributed by atoms with E-state index in [2.05, 4.69) is 10.3 Å². The summed E-state index contributed by atoms with van der Waals surface area (Å²) in [5.41, 5.74) is 0.838. The summed E-state index contributed by atoms with van der Waals surface area (Å²) in [6, 6.07) is 11.5. The second-order valence-electron chi connectivity index (χ2n) is 5.36. The highest BCUT2D eigenvalue weighted by Crippen LogP contribution is 2.48. The van der Waals surface area contributed by atoms with Crippen molar-refractivity contribution in [1.29, 1.82) is 0 Å². The van der Waals surface area contributed by atoms with Crippen LogP contribution in [-0.2, 0) is 4.79 Å². The fraction of sp³-hybridized carbons (Fsp3) is 0.176. The highest BCUT2D eigenvalue weighted by atomic mass is 16.3. The summed E-state index contributed by atoms with van der Waals surface area (Å²) in [7, 11) is 0. The molecule has 1 aliphatic rings. The molecule has 1 aromatic carbocycles. The Kier molecular flexibility index (Phi) is 2.74. The summed E-state index contributed by atoms with van der Waals surface area (Å²) in [5, 5.41) is 5.06. The highest BCUT2D eigenvalue weighted by Gasteiger charge is 2.45. The summed E-state index contributed by atoms with van der Waals surface area (Å²) in [6.45, 7) is 0. The van der Waals surface area contributed by atoms with Crippen LogP contribution in [0.3, 0.4) is 0 Å². The number of carbonyl (C=O) groups excluding carboxylic acids is 1. The quantitative estimate of drug-likeness (QED) is 0.796. The number of rotatable bonds is 3. The molecule has 1 N–H and O–H groups in total. The van der Waals surface area contributed by atoms with Gasteiger partial charge in [0.15, 0.2) is 0 Å². The number of anilines is 1. The topological polar surface area (TPSA) is 55.1 Å². The molecule has 104 valence electrons. The molecule has 2 heterocycles. The molecule has 4 heteroatoms. The van der Waals surface area contributed by atoms with E-state index in [4.69, 9.17) is 4.42 Å². The van der Waals surface area contributed by atoms with Crippen molar-refractivity contribution in [1.82, 2.24) is 4.98 Å². The van der Waals surface area contributed by atoms with Gasteiger partial charge in [0.25, 0.3) is 0 Å². The van der Waals surface area contributed by atoms with Crippen molar-refractivity contribution in [2.45, 2.75) is 12.3 Å². The molecule has 0 bridgehead atoms. The minimum atomic E-state index is 0.00763. The van der Waals surface area contributed by atoms with Gasteiger partial charge in [-0.15, -0.1) is 0 Å². The first kappa shape index (κ1) is 12.1. The first-order valence-corrected chi connectivity index (χ1v) is 7.00. The van der Waals surface area contributed by atoms with E-state index < -0.39 is 0 Å². The SMILES string of the molecule is O=C(Nc1cccc2cnccc12)[C@@H]1C[C@H]1c1ccco1. The van der Waals surface area contributed by atoms with Crippen LogP contribution in [0.1, 0.15) is 18.1 Å². The first-order chi connectivity index (χ1) is 10.3. The van der Waals surface area contributed by atoms with Gasteiger partial charge in [0, 0.05) is 40.7 Å². The Morgan fingerprint density at radius 2 is 2.19 bits per heavy atom. The summed E-state index contributed by atoms with van der Waals surface area (Å²) in [6.07, 6.45) is 6.04. The number of hydrogen-bond donors (Lipinski definition) is 1. The van der Waals surface area contributed by atoms with Crippen LogP contribution >= 0.6 is 0 Å². The minimum absolute atomic E-state index is 0.00763. The number of hydrogen-bond acceptors (Lipinski definition) is 3. The van der Waals surface area contributed by atoms with E-state index in [9.17, 15) is 4.79 Å². The van der Waals surface area contributed by atoms with Gasteiger partial charge in [0.05, 0.1) is 6.26 Å². The predicted molar refractivity (Wildman–Crippen MR) is 79.9 cm³/mol. The second-order valence-corrected chi connectivity index (χ2v) is 5.36. The standard InChI is InChI=1S/C17H14N2O2/c20-17(14-9-13(14)16-5-2-8-21-16)19-15-4-1-3-11-10-18-7-6-12(11)15/h1-8,10,13-14H,9H2,(H,19,20)/t13-,14-/m1/s1. The van der Waals surface area contributed by atoms with Gasteiger partial charge in [-0.05, 0) is 30.7 Å². The minimum Gasteiger partial charge on any atom is -0.469 e. The first-order valence-electron chi connectivity index (χ1n) is 7.00. The number of nitrogens with one attached hydrogen (secondary N) is 1. The summed E-state index contributed by atoms with van der Waals surface area (Å²) in [5.74, 6) is 1.18. The normalized spacial score (nSPS) is 20.4. The molecule has 1 fully saturated rings. The van der Waals surface area contributed by atoms with Crippen molar-refractivity contribution in [2.75, 3.05) is 5.32 Å². The maximum absolute atomic E-state index is 12.4. The molecule has 0 radical (unpaired) electrons. The van der Waals surface area contributed by atoms with Gasteiger partial charge >= 0.3 is 0 Å². The zero-order chi connectivity index (χ0) is 14.2. The predicted octanol–water partition coefficient (Wildman–Crippen LogP) is 3.57. The Morgan fingerprint density at radius 3 is 3.05 bits per heavy atom. The van der Waals surface area contributed by atoms with Crippen molar-refractivity contribution in [3.8, 4) is 0 Å². The fourth-order valence-electron chi connectivity index (χ4n) is 2.76. The van der Waals surface area contributed by atoms with Crippen molar-refractivity contribution >= 4 is 22.4 Å². The molecule has 0 unspecified atom stereocenters. The van der Waals surface area contributed by atoms with Gasteiger partial charge in [0.1, 0.15) is 5.76 Å². The molecule has 1 amide bonds. The molecule has 4 nitrogen and oxygen atoms in total. The summed E-state index contributed by atoms with van der Waals surface area (Å²) in [4.78, 5) is 16.5. The molecule has 1 aliphatic carbocycles. The average molecular weight is 278 g/mol. The third-order valence-corrected chi connectivity index (χ3v) is 3.97. The van der Waals surface area contributed by atoms with Gasteiger partial charge in [-0.25, -0.2) is 0 Å². The van der Waals surface area contributed by atoms with Gasteiger partial charge < -0.3 is 9.73 Å². The van der Waals surface area contributed by atoms with Crippen molar-refractivity contribution < 1.29 is 9.21 Å². The van der Waals surface area contributed by atoms with Gasteiger partial charge in [-0.3, -0.25) is 9.78 Å². The van der Waals surface area contributed by atoms with E-state index >= 15 is 0 Å². The number of benzene rings is 1. The number of nitrogens with zero attached hydrogens (tertiary/aromatic N) is 1. The second kappa shape index (κ2) is 4.74. The van der Waals surface area contributed by atoms with Crippen LogP contribution in [0.15, 0.2) is 59.5 Å². The lowest BCUT2D eigenvalue weighted by molar-refractivity contribution is -0.117. The van der Waals surface area contributed by atoms with Crippen LogP contribution in [-0.4, -0.2) is 10.9 Å². The Hall–Kier alpha value is -2.62. The van der Waals surface area contributed by atoms with Crippen LogP contribution in [0.5, 0.6) is 0 Å². The van der Waals surface area contributed by atoms with Crippen LogP contribution < -0.4 is 5.32 Å². The number of carbonyl (C=O) groups is 1. The Balaban J connectivity index is 1.55. The molecular weight excluding hydrogens is 264 g/mol. The van der Waals surface area contributed by atoms with E-state index in [0.717, 1.165) is 28.6 Å². The number of amides is 1. The lowest BCUT2D eigenvalue weighted by Crippen LogP contribution is -2.14. The molecule has 2 aromatic heterocycles. The van der Waals surface area contributed by atoms with Crippen LogP contribution in [0.25, 0.3) is 10.8 Å². The lowest BCUT2D eigenvalue weighted by atomic mass is 10.1. The molecule has 0 saturated heterocycles. The van der Waals surface area contributed by atoms with Crippen molar-refractivity contribution in [2.24, 2.45) is 5.92 Å². The largest absolute Gasteiger partial charge is 0.469 e. The smallest absolute Gasteiger partial charge is 0.228 e. The Labute approximate surface area is 121 Å². The molecule has 1 saturated carbocycles. The van der Waals surface area contributed by atoms with Crippen LogP contribution in [0.4, 0.5) is 5.69 Å². The van der Waals surface area contributed by atoms with E-state index in [1.54, 1.807) is 18.7 Å². The number of pyridine rings is 1. The molecule has 2 atom stereocenters. The summed E-state index contributed by atoms with van der Waals surface area (Å²) >= 11 is 0. The van der Waals surface area contributed by atoms with Gasteiger partial charge in [0.2, 0.25) is 5.91 Å². The van der Waals surface area contributed by atoms with Gasteiger partial charge in [-0.2, -0.15) is 0 Å². The van der Waals surface area contributed by atoms with E-state index in [1.165, 1.54) is 0 Å². The van der Waals surface area contributed by atoms with E-state index in [-0.39, 0.29) is 17.7 Å².